The second-order valence-electron chi connectivity index (χ2n) is 5.58. The average Bonchev–Trinajstić information content (AvgIpc) is 2.42. The molecule has 5 heteroatoms. The Morgan fingerprint density at radius 3 is 2.25 bits per heavy atom. The first-order valence-corrected chi connectivity index (χ1v) is 7.22. The first kappa shape index (κ1) is 15.3. The summed E-state index contributed by atoms with van der Waals surface area (Å²) < 4.78 is 40.4. The van der Waals surface area contributed by atoms with Crippen molar-refractivity contribution in [1.82, 2.24) is 5.43 Å². The van der Waals surface area contributed by atoms with Crippen molar-refractivity contribution in [1.29, 1.82) is 0 Å². The van der Waals surface area contributed by atoms with Crippen molar-refractivity contribution in [3.63, 3.8) is 0 Å². The summed E-state index contributed by atoms with van der Waals surface area (Å²) in [6.07, 6.45) is 7.51. The molecule has 0 radical (unpaired) electrons. The smallest absolute Gasteiger partial charge is 0.133 e. The number of benzene rings is 1. The zero-order valence-corrected chi connectivity index (χ0v) is 11.5. The summed E-state index contributed by atoms with van der Waals surface area (Å²) in [5.74, 6) is 3.35. The lowest BCUT2D eigenvalue weighted by molar-refractivity contribution is 0.310. The van der Waals surface area contributed by atoms with Crippen LogP contribution < -0.4 is 11.3 Å². The molecule has 0 bridgehead atoms. The van der Waals surface area contributed by atoms with Gasteiger partial charge in [-0.15, -0.1) is 0 Å². The van der Waals surface area contributed by atoms with Gasteiger partial charge < -0.3 is 0 Å². The maximum atomic E-state index is 13.7. The monoisotopic (exact) mass is 286 g/mol. The molecular formula is C15H21F3N2. The minimum atomic E-state index is -0.910. The second kappa shape index (κ2) is 7.09. The van der Waals surface area contributed by atoms with Gasteiger partial charge in [-0.3, -0.25) is 11.3 Å². The van der Waals surface area contributed by atoms with E-state index in [9.17, 15) is 13.2 Å². The van der Waals surface area contributed by atoms with Crippen LogP contribution in [-0.4, -0.2) is 0 Å². The molecule has 1 aromatic carbocycles. The van der Waals surface area contributed by atoms with E-state index in [1.807, 2.05) is 0 Å². The van der Waals surface area contributed by atoms with E-state index in [1.54, 1.807) is 0 Å². The molecule has 3 N–H and O–H groups in total. The van der Waals surface area contributed by atoms with E-state index in [0.29, 0.717) is 24.5 Å². The Kier molecular flexibility index (Phi) is 5.43. The van der Waals surface area contributed by atoms with Crippen LogP contribution in [0.15, 0.2) is 12.1 Å². The fourth-order valence-corrected chi connectivity index (χ4v) is 3.08. The predicted molar refractivity (Wildman–Crippen MR) is 72.2 cm³/mol. The fourth-order valence-electron chi connectivity index (χ4n) is 3.08. The fraction of sp³-hybridized carbons (Fsp3) is 0.600. The van der Waals surface area contributed by atoms with Crippen LogP contribution in [0.25, 0.3) is 0 Å². The van der Waals surface area contributed by atoms with Gasteiger partial charge in [-0.25, -0.2) is 13.2 Å². The van der Waals surface area contributed by atoms with Crippen LogP contribution in [0.1, 0.15) is 56.6 Å². The maximum Gasteiger partial charge on any atom is 0.133 e. The second-order valence-corrected chi connectivity index (χ2v) is 5.58. The highest BCUT2D eigenvalue weighted by atomic mass is 19.1. The Balaban J connectivity index is 2.04. The van der Waals surface area contributed by atoms with Gasteiger partial charge >= 0.3 is 0 Å². The first-order valence-electron chi connectivity index (χ1n) is 7.22. The van der Waals surface area contributed by atoms with Gasteiger partial charge in [-0.05, 0) is 18.8 Å². The summed E-state index contributed by atoms with van der Waals surface area (Å²) in [5.41, 5.74) is 2.29. The maximum absolute atomic E-state index is 13.7. The van der Waals surface area contributed by atoms with Crippen molar-refractivity contribution in [3.05, 3.63) is 35.1 Å². The summed E-state index contributed by atoms with van der Waals surface area (Å²) in [6.45, 7) is 0. The molecule has 0 aromatic heterocycles. The lowest BCUT2D eigenvalue weighted by atomic mass is 9.84. The molecule has 0 heterocycles. The highest BCUT2D eigenvalue weighted by Crippen LogP contribution is 2.31. The van der Waals surface area contributed by atoms with Crippen LogP contribution in [0, 0.1) is 23.4 Å². The van der Waals surface area contributed by atoms with Gasteiger partial charge in [0.1, 0.15) is 17.5 Å². The molecule has 2 nitrogen and oxygen atoms in total. The third-order valence-electron chi connectivity index (χ3n) is 4.18. The van der Waals surface area contributed by atoms with Gasteiger partial charge in [-0.2, -0.15) is 0 Å². The number of nitrogens with two attached hydrogens (primary N) is 1. The van der Waals surface area contributed by atoms with E-state index >= 15 is 0 Å². The molecule has 1 unspecified atom stereocenters. The Morgan fingerprint density at radius 1 is 1.10 bits per heavy atom. The molecule has 1 fully saturated rings. The summed E-state index contributed by atoms with van der Waals surface area (Å²) >= 11 is 0. The van der Waals surface area contributed by atoms with Crippen molar-refractivity contribution in [3.8, 4) is 0 Å². The number of hydrazine groups is 1. The molecular weight excluding hydrogens is 265 g/mol. The molecule has 112 valence electrons. The van der Waals surface area contributed by atoms with E-state index in [2.05, 4.69) is 5.43 Å². The topological polar surface area (TPSA) is 38.0 Å². The average molecular weight is 286 g/mol. The summed E-state index contributed by atoms with van der Waals surface area (Å²) in [7, 11) is 0. The van der Waals surface area contributed by atoms with Crippen LogP contribution >= 0.6 is 0 Å². The summed E-state index contributed by atoms with van der Waals surface area (Å²) in [6, 6.07) is 0.782. The third-order valence-corrected chi connectivity index (χ3v) is 4.18. The number of hydrogen-bond donors (Lipinski definition) is 2. The minimum absolute atomic E-state index is 0.162. The zero-order chi connectivity index (χ0) is 14.5. The highest BCUT2D eigenvalue weighted by molar-refractivity contribution is 5.24. The van der Waals surface area contributed by atoms with Gasteiger partial charge in [0.2, 0.25) is 0 Å². The van der Waals surface area contributed by atoms with Crippen molar-refractivity contribution in [2.75, 3.05) is 0 Å². The third kappa shape index (κ3) is 3.73. The lowest BCUT2D eigenvalue weighted by Gasteiger charge is -2.24. The van der Waals surface area contributed by atoms with Gasteiger partial charge in [0.15, 0.2) is 0 Å². The summed E-state index contributed by atoms with van der Waals surface area (Å²) in [5, 5.41) is 0. The molecule has 0 spiro atoms. The first-order chi connectivity index (χ1) is 9.61. The Hall–Kier alpha value is -1.07. The van der Waals surface area contributed by atoms with Crippen molar-refractivity contribution < 1.29 is 13.2 Å². The van der Waals surface area contributed by atoms with Crippen LogP contribution in [0.5, 0.6) is 0 Å². The van der Waals surface area contributed by atoms with Gasteiger partial charge in [0.25, 0.3) is 0 Å². The molecule has 1 saturated carbocycles. The lowest BCUT2D eigenvalue weighted by Crippen LogP contribution is -2.30. The van der Waals surface area contributed by atoms with Crippen LogP contribution in [0.4, 0.5) is 13.2 Å². The number of hydrogen-bond acceptors (Lipinski definition) is 2. The Labute approximate surface area is 117 Å². The molecule has 1 aromatic rings. The normalized spacial score (nSPS) is 18.2. The molecule has 0 aliphatic heterocycles. The van der Waals surface area contributed by atoms with Crippen molar-refractivity contribution in [2.24, 2.45) is 11.8 Å². The Morgan fingerprint density at radius 2 is 1.70 bits per heavy atom. The summed E-state index contributed by atoms with van der Waals surface area (Å²) in [4.78, 5) is 0. The SMILES string of the molecule is NNC(CCC1CCCCC1)c1c(F)cc(F)cc1F. The van der Waals surface area contributed by atoms with E-state index in [0.717, 1.165) is 6.42 Å². The van der Waals surface area contributed by atoms with E-state index in [-0.39, 0.29) is 5.56 Å². The molecule has 2 rings (SSSR count). The van der Waals surface area contributed by atoms with E-state index in [4.69, 9.17) is 5.84 Å². The molecule has 20 heavy (non-hydrogen) atoms. The van der Waals surface area contributed by atoms with Crippen LogP contribution in [0.2, 0.25) is 0 Å². The number of rotatable bonds is 5. The Bertz CT molecular complexity index is 422. The van der Waals surface area contributed by atoms with Gasteiger partial charge in [0.05, 0.1) is 6.04 Å². The minimum Gasteiger partial charge on any atom is -0.271 e. The number of halogens is 3. The van der Waals surface area contributed by atoms with Gasteiger partial charge in [0, 0.05) is 17.7 Å². The number of nitrogens with one attached hydrogen (secondary N) is 1. The molecule has 0 saturated heterocycles. The van der Waals surface area contributed by atoms with Crippen molar-refractivity contribution in [2.45, 2.75) is 51.0 Å². The van der Waals surface area contributed by atoms with Crippen molar-refractivity contribution >= 4 is 0 Å². The molecule has 1 aliphatic rings. The molecule has 1 atom stereocenters. The van der Waals surface area contributed by atoms with E-state index < -0.39 is 23.5 Å². The largest absolute Gasteiger partial charge is 0.271 e. The predicted octanol–water partition coefficient (Wildman–Crippen LogP) is 3.97. The zero-order valence-electron chi connectivity index (χ0n) is 11.5. The van der Waals surface area contributed by atoms with Gasteiger partial charge in [-0.1, -0.05) is 32.1 Å². The van der Waals surface area contributed by atoms with Crippen LogP contribution in [-0.2, 0) is 0 Å². The van der Waals surface area contributed by atoms with E-state index in [1.165, 1.54) is 32.1 Å². The van der Waals surface area contributed by atoms with Crippen LogP contribution in [0.3, 0.4) is 0 Å². The molecule has 0 amide bonds. The molecule has 1 aliphatic carbocycles. The highest BCUT2D eigenvalue weighted by Gasteiger charge is 2.22. The quantitative estimate of drug-likeness (QED) is 0.635. The standard InChI is InChI=1S/C15H21F3N2/c16-11-8-12(17)15(13(18)9-11)14(20-19)7-6-10-4-2-1-3-5-10/h8-10,14,20H,1-7,19H2.